The van der Waals surface area contributed by atoms with Crippen LogP contribution >= 0.6 is 11.3 Å². The molecule has 0 bridgehead atoms. The highest BCUT2D eigenvalue weighted by atomic mass is 32.2. The molecule has 5 nitrogen and oxygen atoms in total. The van der Waals surface area contributed by atoms with E-state index in [9.17, 15) is 8.42 Å². The Morgan fingerprint density at radius 1 is 1.38 bits per heavy atom. The van der Waals surface area contributed by atoms with Crippen molar-refractivity contribution in [1.29, 1.82) is 0 Å². The number of aryl methyl sites for hydroxylation is 1. The Hall–Kier alpha value is -1.28. The van der Waals surface area contributed by atoms with Gasteiger partial charge in [0.2, 0.25) is 0 Å². The fraction of sp³-hybridized carbons (Fsp3) is 0.357. The molecule has 0 saturated heterocycles. The van der Waals surface area contributed by atoms with Crippen LogP contribution in [0.5, 0.6) is 0 Å². The van der Waals surface area contributed by atoms with Gasteiger partial charge in [-0.2, -0.15) is 4.31 Å². The second-order valence-corrected chi connectivity index (χ2v) is 8.18. The monoisotopic (exact) mass is 325 g/mol. The van der Waals surface area contributed by atoms with Crippen LogP contribution < -0.4 is 5.73 Å². The van der Waals surface area contributed by atoms with Crippen LogP contribution in [0.4, 0.5) is 0 Å². The van der Waals surface area contributed by atoms with Crippen LogP contribution in [0, 0.1) is 6.92 Å². The molecule has 0 aromatic carbocycles. The summed E-state index contributed by atoms with van der Waals surface area (Å²) in [4.78, 5) is 5.11. The molecule has 7 heteroatoms. The summed E-state index contributed by atoms with van der Waals surface area (Å²) in [6, 6.07) is 7.32. The van der Waals surface area contributed by atoms with Crippen LogP contribution in [0.3, 0.4) is 0 Å². The molecule has 2 aromatic rings. The molecule has 2 N–H and O–H groups in total. The van der Waals surface area contributed by atoms with Crippen molar-refractivity contribution in [2.75, 3.05) is 13.6 Å². The number of likely N-dealkylation sites (N-methyl/N-ethyl adjacent to an activating group) is 1. The van der Waals surface area contributed by atoms with Crippen molar-refractivity contribution in [3.8, 4) is 0 Å². The van der Waals surface area contributed by atoms with E-state index in [1.807, 2.05) is 25.1 Å². The first-order valence-corrected chi connectivity index (χ1v) is 8.86. The highest BCUT2D eigenvalue weighted by Crippen LogP contribution is 2.27. The maximum atomic E-state index is 12.5. The zero-order valence-corrected chi connectivity index (χ0v) is 13.7. The third kappa shape index (κ3) is 3.68. The minimum absolute atomic E-state index is 0.351. The molecule has 0 amide bonds. The van der Waals surface area contributed by atoms with E-state index in [1.165, 1.54) is 15.6 Å². The number of hydrogen-bond donors (Lipinski definition) is 1. The Morgan fingerprint density at radius 3 is 2.71 bits per heavy atom. The summed E-state index contributed by atoms with van der Waals surface area (Å²) in [6.07, 6.45) is 2.30. The molecule has 114 valence electrons. The van der Waals surface area contributed by atoms with Crippen LogP contribution in [0.1, 0.15) is 16.1 Å². The molecule has 21 heavy (non-hydrogen) atoms. The smallest absolute Gasteiger partial charge is 0.252 e. The van der Waals surface area contributed by atoms with Gasteiger partial charge >= 0.3 is 0 Å². The fourth-order valence-corrected chi connectivity index (χ4v) is 4.76. The summed E-state index contributed by atoms with van der Waals surface area (Å²) in [7, 11) is -1.86. The minimum atomic E-state index is -3.45. The van der Waals surface area contributed by atoms with Gasteiger partial charge < -0.3 is 5.73 Å². The molecule has 0 unspecified atom stereocenters. The highest BCUT2D eigenvalue weighted by Gasteiger charge is 2.23. The molecule has 0 aliphatic heterocycles. The van der Waals surface area contributed by atoms with Gasteiger partial charge in [-0.05, 0) is 30.7 Å². The van der Waals surface area contributed by atoms with Gasteiger partial charge in [-0.1, -0.05) is 6.07 Å². The Kier molecular flexibility index (Phi) is 5.10. The number of aromatic nitrogens is 1. The maximum absolute atomic E-state index is 12.5. The molecule has 0 atom stereocenters. The van der Waals surface area contributed by atoms with Crippen molar-refractivity contribution in [3.63, 3.8) is 0 Å². The van der Waals surface area contributed by atoms with Crippen LogP contribution in [-0.2, 0) is 23.0 Å². The predicted molar refractivity (Wildman–Crippen MR) is 84.7 cm³/mol. The summed E-state index contributed by atoms with van der Waals surface area (Å²) in [5.41, 5.74) is 7.42. The van der Waals surface area contributed by atoms with Crippen molar-refractivity contribution in [1.82, 2.24) is 9.29 Å². The van der Waals surface area contributed by atoms with Gasteiger partial charge in [0.15, 0.2) is 0 Å². The molecule has 0 saturated carbocycles. The lowest BCUT2D eigenvalue weighted by Gasteiger charge is -2.15. The summed E-state index contributed by atoms with van der Waals surface area (Å²) in [5.74, 6) is 0. The highest BCUT2D eigenvalue weighted by molar-refractivity contribution is 7.91. The normalized spacial score (nSPS) is 12.0. The number of thiophene rings is 1. The zero-order valence-electron chi connectivity index (χ0n) is 12.1. The second kappa shape index (κ2) is 6.65. The average molecular weight is 325 g/mol. The summed E-state index contributed by atoms with van der Waals surface area (Å²) in [5, 5.41) is 0. The van der Waals surface area contributed by atoms with Gasteiger partial charge in [0.1, 0.15) is 4.21 Å². The fourth-order valence-electron chi connectivity index (χ4n) is 1.91. The zero-order chi connectivity index (χ0) is 15.5. The van der Waals surface area contributed by atoms with Gasteiger partial charge in [0.05, 0.1) is 0 Å². The number of nitrogens with zero attached hydrogens (tertiary/aromatic N) is 2. The molecule has 0 aliphatic rings. The summed E-state index contributed by atoms with van der Waals surface area (Å²) in [6.45, 7) is 2.64. The molecule has 2 rings (SSSR count). The third-order valence-corrected chi connectivity index (χ3v) is 6.82. The van der Waals surface area contributed by atoms with E-state index in [1.54, 1.807) is 19.3 Å². The first kappa shape index (κ1) is 16.1. The Bertz CT molecular complexity index is 696. The van der Waals surface area contributed by atoms with Gasteiger partial charge in [-0.15, -0.1) is 11.3 Å². The van der Waals surface area contributed by atoms with Crippen LogP contribution in [0.2, 0.25) is 0 Å². The van der Waals surface area contributed by atoms with E-state index in [0.29, 0.717) is 23.7 Å². The van der Waals surface area contributed by atoms with Crippen molar-refractivity contribution < 1.29 is 8.42 Å². The molecule has 2 heterocycles. The van der Waals surface area contributed by atoms with E-state index in [0.717, 1.165) is 16.1 Å². The Balaban J connectivity index is 2.11. The van der Waals surface area contributed by atoms with Gasteiger partial charge in [0.25, 0.3) is 10.0 Å². The lowest BCUT2D eigenvalue weighted by molar-refractivity contribution is 0.472. The van der Waals surface area contributed by atoms with Gasteiger partial charge in [0, 0.05) is 43.3 Å². The van der Waals surface area contributed by atoms with E-state index >= 15 is 0 Å². The topological polar surface area (TPSA) is 76.3 Å². The number of rotatable bonds is 6. The number of hydrogen-bond acceptors (Lipinski definition) is 5. The standard InChI is InChI=1S/C14H19N3O2S2/c1-11-9-14(20-13(11)10-15)21(18,19)17(2)8-6-12-5-3-4-7-16-12/h3-5,7,9H,6,8,10,15H2,1-2H3. The van der Waals surface area contributed by atoms with Crippen LogP contribution in [-0.4, -0.2) is 31.3 Å². The van der Waals surface area contributed by atoms with E-state index < -0.39 is 10.0 Å². The average Bonchev–Trinajstić information content (AvgIpc) is 2.87. The van der Waals surface area contributed by atoms with E-state index in [-0.39, 0.29) is 0 Å². The van der Waals surface area contributed by atoms with E-state index in [4.69, 9.17) is 5.73 Å². The van der Waals surface area contributed by atoms with Crippen LogP contribution in [0.25, 0.3) is 0 Å². The molecular weight excluding hydrogens is 306 g/mol. The number of pyridine rings is 1. The molecule has 0 radical (unpaired) electrons. The SMILES string of the molecule is Cc1cc(S(=O)(=O)N(C)CCc2ccccn2)sc1CN. The first-order valence-electron chi connectivity index (χ1n) is 6.60. The Labute approximate surface area is 129 Å². The number of sulfonamides is 1. The molecule has 0 fully saturated rings. The summed E-state index contributed by atoms with van der Waals surface area (Å²) < 4.78 is 26.7. The first-order chi connectivity index (χ1) is 9.95. The van der Waals surface area contributed by atoms with Crippen LogP contribution in [0.15, 0.2) is 34.7 Å². The van der Waals surface area contributed by atoms with Crippen molar-refractivity contribution >= 4 is 21.4 Å². The van der Waals surface area contributed by atoms with Crippen molar-refractivity contribution in [2.24, 2.45) is 5.73 Å². The lowest BCUT2D eigenvalue weighted by atomic mass is 10.3. The molecule has 0 aliphatic carbocycles. The van der Waals surface area contributed by atoms with Crippen molar-refractivity contribution in [2.45, 2.75) is 24.1 Å². The maximum Gasteiger partial charge on any atom is 0.252 e. The molecular formula is C14H19N3O2S2. The predicted octanol–water partition coefficient (Wildman–Crippen LogP) is 1.77. The van der Waals surface area contributed by atoms with Gasteiger partial charge in [-0.25, -0.2) is 8.42 Å². The lowest BCUT2D eigenvalue weighted by Crippen LogP contribution is -2.28. The largest absolute Gasteiger partial charge is 0.326 e. The van der Waals surface area contributed by atoms with Gasteiger partial charge in [-0.3, -0.25) is 4.98 Å². The quantitative estimate of drug-likeness (QED) is 0.878. The van der Waals surface area contributed by atoms with E-state index in [2.05, 4.69) is 4.98 Å². The minimum Gasteiger partial charge on any atom is -0.326 e. The number of nitrogens with two attached hydrogens (primary N) is 1. The van der Waals surface area contributed by atoms with Crippen molar-refractivity contribution in [3.05, 3.63) is 46.6 Å². The molecule has 0 spiro atoms. The second-order valence-electron chi connectivity index (χ2n) is 4.77. The third-order valence-electron chi connectivity index (χ3n) is 3.26. The summed E-state index contributed by atoms with van der Waals surface area (Å²) >= 11 is 1.25. The molecule has 2 aromatic heterocycles. The Morgan fingerprint density at radius 2 is 2.14 bits per heavy atom.